The van der Waals surface area contributed by atoms with Crippen LogP contribution in [0.2, 0.25) is 0 Å². The van der Waals surface area contributed by atoms with Gasteiger partial charge in [0.25, 0.3) is 0 Å². The van der Waals surface area contributed by atoms with Gasteiger partial charge in [-0.1, -0.05) is 0 Å². The molecule has 0 spiro atoms. The predicted molar refractivity (Wildman–Crippen MR) is 110 cm³/mol. The van der Waals surface area contributed by atoms with Gasteiger partial charge in [0, 0.05) is 0 Å². The molecule has 0 aliphatic heterocycles. The number of aromatic nitrogens is 1. The van der Waals surface area contributed by atoms with Crippen LogP contribution in [0.5, 0.6) is 0 Å². The van der Waals surface area contributed by atoms with Crippen molar-refractivity contribution >= 4 is 33.8 Å². The van der Waals surface area contributed by atoms with Crippen molar-refractivity contribution in [3.8, 4) is 11.3 Å². The number of hydrogen-bond donors (Lipinski definition) is 0. The molecule has 0 saturated carbocycles. The molecule has 25 heavy (non-hydrogen) atoms. The summed E-state index contributed by atoms with van der Waals surface area (Å²) in [5, 5.41) is 2.84. The molecule has 126 valence electrons. The van der Waals surface area contributed by atoms with Gasteiger partial charge in [-0.15, -0.1) is 0 Å². The maximum atomic E-state index is 4.70. The summed E-state index contributed by atoms with van der Waals surface area (Å²) >= 11 is 0.345. The molecule has 4 aromatic rings. The Morgan fingerprint density at radius 3 is 2.24 bits per heavy atom. The number of hydrogen-bond acceptors (Lipinski definition) is 1. The van der Waals surface area contributed by atoms with E-state index in [0.717, 1.165) is 5.69 Å². The van der Waals surface area contributed by atoms with E-state index in [0.29, 0.717) is 26.3 Å². The second-order valence-electron chi connectivity index (χ2n) is 7.29. The van der Waals surface area contributed by atoms with Gasteiger partial charge in [0.15, 0.2) is 0 Å². The van der Waals surface area contributed by atoms with Crippen LogP contribution in [-0.4, -0.2) is 19.5 Å². The zero-order valence-corrected chi connectivity index (χ0v) is 16.9. The Bertz CT molecular complexity index is 1060. The van der Waals surface area contributed by atoms with Gasteiger partial charge in [-0.2, -0.15) is 0 Å². The Kier molecular flexibility index (Phi) is 4.27. The van der Waals surface area contributed by atoms with Crippen LogP contribution in [0.4, 0.5) is 0 Å². The van der Waals surface area contributed by atoms with Gasteiger partial charge < -0.3 is 0 Å². The van der Waals surface area contributed by atoms with Crippen molar-refractivity contribution in [3.63, 3.8) is 0 Å². The first-order valence-corrected chi connectivity index (χ1v) is 10.7. The maximum absolute atomic E-state index is 4.70. The van der Waals surface area contributed by atoms with Gasteiger partial charge in [0.05, 0.1) is 0 Å². The molecular weight excluding hydrogens is 369 g/mol. The summed E-state index contributed by atoms with van der Waals surface area (Å²) in [5.41, 5.74) is 5.28. The van der Waals surface area contributed by atoms with Crippen molar-refractivity contribution in [2.24, 2.45) is 0 Å². The Morgan fingerprint density at radius 2 is 1.52 bits per heavy atom. The summed E-state index contributed by atoms with van der Waals surface area (Å²) in [6.07, 6.45) is 1.96. The molecule has 0 unspecified atom stereocenters. The Balaban J connectivity index is 2.01. The van der Waals surface area contributed by atoms with E-state index < -0.39 is 0 Å². The molecular formula is C23H23NSe. The molecule has 0 atom stereocenters. The number of benzene rings is 2. The van der Waals surface area contributed by atoms with Crippen LogP contribution in [0, 0.1) is 0 Å². The van der Waals surface area contributed by atoms with Gasteiger partial charge in [-0.25, -0.2) is 0 Å². The molecule has 0 amide bonds. The van der Waals surface area contributed by atoms with E-state index in [2.05, 4.69) is 76.2 Å². The average molecular weight is 392 g/mol. The van der Waals surface area contributed by atoms with Crippen molar-refractivity contribution in [2.45, 2.75) is 39.5 Å². The Hall–Kier alpha value is -1.89. The average Bonchev–Trinajstić information content (AvgIpc) is 3.00. The van der Waals surface area contributed by atoms with Gasteiger partial charge in [-0.3, -0.25) is 0 Å². The molecule has 2 aromatic heterocycles. The minimum absolute atomic E-state index is 0.345. The summed E-state index contributed by atoms with van der Waals surface area (Å²) < 4.78 is 3.05. The van der Waals surface area contributed by atoms with Crippen molar-refractivity contribution in [1.29, 1.82) is 0 Å². The summed E-state index contributed by atoms with van der Waals surface area (Å²) in [5.74, 6) is 1.09. The fourth-order valence-corrected chi connectivity index (χ4v) is 6.57. The fraction of sp³-hybridized carbons (Fsp3) is 0.261. The van der Waals surface area contributed by atoms with Crippen LogP contribution in [-0.2, 0) is 0 Å². The third-order valence-electron chi connectivity index (χ3n) is 4.90. The topological polar surface area (TPSA) is 12.9 Å². The first kappa shape index (κ1) is 16.6. The third kappa shape index (κ3) is 2.84. The standard InChI is InChI=1S/C23H23NSe/c1-14(2)16-11-12-24-21(13-16)20-10-6-9-19-18-8-5-7-17(15(3)4)22(18)25-23(19)20/h5-15H,1-4H3. The summed E-state index contributed by atoms with van der Waals surface area (Å²) in [6, 6.07) is 17.9. The Labute approximate surface area is 155 Å². The van der Waals surface area contributed by atoms with Crippen molar-refractivity contribution < 1.29 is 0 Å². The monoisotopic (exact) mass is 393 g/mol. The molecule has 2 heterocycles. The molecule has 1 nitrogen and oxygen atoms in total. The fourth-order valence-electron chi connectivity index (χ4n) is 3.45. The summed E-state index contributed by atoms with van der Waals surface area (Å²) in [7, 11) is 0. The number of pyridine rings is 1. The Morgan fingerprint density at radius 1 is 0.800 bits per heavy atom. The molecule has 0 radical (unpaired) electrons. The van der Waals surface area contributed by atoms with Crippen LogP contribution in [0.15, 0.2) is 54.7 Å². The number of rotatable bonds is 3. The van der Waals surface area contributed by atoms with E-state index in [-0.39, 0.29) is 0 Å². The molecule has 0 aliphatic carbocycles. The van der Waals surface area contributed by atoms with Crippen LogP contribution in [0.25, 0.3) is 30.6 Å². The van der Waals surface area contributed by atoms with Gasteiger partial charge in [-0.05, 0) is 0 Å². The van der Waals surface area contributed by atoms with Crippen LogP contribution >= 0.6 is 0 Å². The van der Waals surface area contributed by atoms with Gasteiger partial charge in [0.1, 0.15) is 0 Å². The summed E-state index contributed by atoms with van der Waals surface area (Å²) in [4.78, 5) is 4.70. The molecule has 0 bridgehead atoms. The molecule has 0 fully saturated rings. The summed E-state index contributed by atoms with van der Waals surface area (Å²) in [6.45, 7) is 9.07. The van der Waals surface area contributed by atoms with E-state index >= 15 is 0 Å². The minimum atomic E-state index is 0.345. The second-order valence-corrected chi connectivity index (χ2v) is 9.43. The normalized spacial score (nSPS) is 11.9. The van der Waals surface area contributed by atoms with Gasteiger partial charge in [0.2, 0.25) is 0 Å². The molecule has 2 heteroatoms. The number of nitrogens with zero attached hydrogens (tertiary/aromatic N) is 1. The predicted octanol–water partition coefficient (Wildman–Crippen LogP) is 6.36. The quantitative estimate of drug-likeness (QED) is 0.370. The second kappa shape index (κ2) is 6.44. The zero-order valence-electron chi connectivity index (χ0n) is 15.2. The van der Waals surface area contributed by atoms with Crippen LogP contribution in [0.3, 0.4) is 0 Å². The van der Waals surface area contributed by atoms with E-state index in [1.165, 1.54) is 31.7 Å². The molecule has 0 saturated heterocycles. The molecule has 0 N–H and O–H groups in total. The zero-order chi connectivity index (χ0) is 17.6. The first-order chi connectivity index (χ1) is 12.1. The third-order valence-corrected chi connectivity index (χ3v) is 7.64. The molecule has 4 rings (SSSR count). The molecule has 0 aliphatic rings. The number of fused-ring (bicyclic) bond motifs is 3. The van der Waals surface area contributed by atoms with Crippen molar-refractivity contribution in [2.75, 3.05) is 0 Å². The van der Waals surface area contributed by atoms with E-state index in [1.807, 2.05) is 6.20 Å². The van der Waals surface area contributed by atoms with Crippen molar-refractivity contribution in [3.05, 3.63) is 65.9 Å². The first-order valence-electron chi connectivity index (χ1n) is 8.96. The molecule has 2 aromatic carbocycles. The van der Waals surface area contributed by atoms with Gasteiger partial charge >= 0.3 is 155 Å². The van der Waals surface area contributed by atoms with E-state index in [4.69, 9.17) is 4.98 Å². The van der Waals surface area contributed by atoms with Crippen LogP contribution in [0.1, 0.15) is 50.7 Å². The van der Waals surface area contributed by atoms with E-state index in [9.17, 15) is 0 Å². The van der Waals surface area contributed by atoms with Crippen molar-refractivity contribution in [1.82, 2.24) is 4.98 Å². The SMILES string of the molecule is CC(C)c1ccnc(-c2cccc3c2[se]c2c(C(C)C)cccc23)c1. The van der Waals surface area contributed by atoms with Crippen LogP contribution < -0.4 is 0 Å². The van der Waals surface area contributed by atoms with E-state index in [1.54, 1.807) is 4.26 Å².